The van der Waals surface area contributed by atoms with E-state index in [4.69, 9.17) is 17.0 Å². The van der Waals surface area contributed by atoms with Gasteiger partial charge in [0, 0.05) is 0 Å². The Labute approximate surface area is 154 Å². The summed E-state index contributed by atoms with van der Waals surface area (Å²) < 4.78 is 1.60. The summed E-state index contributed by atoms with van der Waals surface area (Å²) in [5, 5.41) is 0. The van der Waals surface area contributed by atoms with Gasteiger partial charge in [-0.2, -0.15) is 0 Å². The molecule has 0 amide bonds. The zero-order valence-electron chi connectivity index (χ0n) is 15.2. The zero-order valence-corrected chi connectivity index (χ0v) is 20.1. The van der Waals surface area contributed by atoms with Crippen molar-refractivity contribution in [3.05, 3.63) is 62.0 Å². The molecule has 0 nitrogen and oxygen atoms in total. The Hall–Kier alpha value is 0.120. The van der Waals surface area contributed by atoms with Gasteiger partial charge < -0.3 is 0 Å². The molecule has 2 aliphatic carbocycles. The molecule has 0 bridgehead atoms. The number of benzene rings is 1. The normalized spacial score (nSPS) is 20.3. The Bertz CT molecular complexity index is 862. The van der Waals surface area contributed by atoms with E-state index in [1.807, 2.05) is 0 Å². The van der Waals surface area contributed by atoms with Crippen LogP contribution in [-0.4, -0.2) is 5.43 Å². The quantitative estimate of drug-likeness (QED) is 0.417. The Balaban J connectivity index is 2.31. The number of allylic oxidation sites excluding steroid dienone is 5. The van der Waals surface area contributed by atoms with Gasteiger partial charge >= 0.3 is 155 Å². The molecule has 1 unspecified atom stereocenters. The predicted molar refractivity (Wildman–Crippen MR) is 108 cm³/mol. The molecule has 2 aliphatic rings. The van der Waals surface area contributed by atoms with Crippen LogP contribution in [-0.2, 0) is 15.0 Å². The molecule has 0 fully saturated rings. The van der Waals surface area contributed by atoms with Crippen molar-refractivity contribution in [2.45, 2.75) is 49.8 Å². The van der Waals surface area contributed by atoms with Gasteiger partial charge in [-0.3, -0.25) is 0 Å². The van der Waals surface area contributed by atoms with Crippen LogP contribution in [0.2, 0.25) is 13.1 Å². The van der Waals surface area contributed by atoms with Crippen LogP contribution in [0, 0.1) is 0 Å². The molecule has 0 saturated carbocycles. The number of rotatable bonds is 3. The van der Waals surface area contributed by atoms with Gasteiger partial charge in [-0.05, 0) is 0 Å². The molecule has 0 saturated heterocycles. The Kier molecular flexibility index (Phi) is 5.02. The van der Waals surface area contributed by atoms with Crippen LogP contribution < -0.4 is 0 Å². The van der Waals surface area contributed by atoms with Gasteiger partial charge in [0.25, 0.3) is 0 Å². The molecule has 0 heterocycles. The van der Waals surface area contributed by atoms with E-state index in [2.05, 4.69) is 76.4 Å². The first-order valence-electron chi connectivity index (χ1n) is 8.73. The van der Waals surface area contributed by atoms with Crippen molar-refractivity contribution in [2.75, 3.05) is 0 Å². The summed E-state index contributed by atoms with van der Waals surface area (Å²) in [4.78, 5) is 0. The molecule has 1 atom stereocenters. The van der Waals surface area contributed by atoms with Crippen molar-refractivity contribution in [1.82, 2.24) is 0 Å². The van der Waals surface area contributed by atoms with Crippen molar-refractivity contribution >= 4 is 28.5 Å². The molecule has 0 aromatic heterocycles. The zero-order chi connectivity index (χ0) is 17.7. The van der Waals surface area contributed by atoms with Crippen LogP contribution in [0.15, 0.2) is 45.3 Å². The van der Waals surface area contributed by atoms with Crippen molar-refractivity contribution in [1.29, 1.82) is 0 Å². The van der Waals surface area contributed by atoms with Crippen molar-refractivity contribution in [3.63, 3.8) is 0 Å². The molecule has 1 aromatic rings. The van der Waals surface area contributed by atoms with E-state index in [0.717, 1.165) is 6.42 Å². The average Bonchev–Trinajstić information content (AvgIpc) is 3.13. The third kappa shape index (κ3) is 2.64. The molecule has 0 radical (unpaired) electrons. The first kappa shape index (κ1) is 18.9. The predicted octanol–water partition coefficient (Wildman–Crippen LogP) is 7.36. The number of hydrogen-bond donors (Lipinski definition) is 0. The van der Waals surface area contributed by atoms with Crippen LogP contribution in [0.4, 0.5) is 0 Å². The van der Waals surface area contributed by atoms with E-state index >= 15 is 0 Å². The molecule has 1 aromatic carbocycles. The molecule has 24 heavy (non-hydrogen) atoms. The first-order chi connectivity index (χ1) is 11.2. The summed E-state index contributed by atoms with van der Waals surface area (Å²) in [6.45, 7) is 11.4. The van der Waals surface area contributed by atoms with Crippen molar-refractivity contribution < 1.29 is 15.0 Å². The van der Waals surface area contributed by atoms with E-state index in [0.29, 0.717) is 5.92 Å². The first-order valence-corrected chi connectivity index (χ1v) is 23.9. The van der Waals surface area contributed by atoms with Gasteiger partial charge in [0.05, 0.1) is 0 Å². The van der Waals surface area contributed by atoms with E-state index in [1.165, 1.54) is 25.5 Å². The second-order valence-electron chi connectivity index (χ2n) is 7.73. The van der Waals surface area contributed by atoms with Crippen LogP contribution in [0.5, 0.6) is 0 Å². The van der Waals surface area contributed by atoms with Crippen molar-refractivity contribution in [2.24, 2.45) is 0 Å². The van der Waals surface area contributed by atoms with Gasteiger partial charge in [0.1, 0.15) is 0 Å². The number of fused-ring (bicyclic) bond motifs is 1. The van der Waals surface area contributed by atoms with E-state index in [-0.39, 0.29) is 3.63 Å². The average molecular weight is 457 g/mol. The van der Waals surface area contributed by atoms with Gasteiger partial charge in [-0.1, -0.05) is 0 Å². The monoisotopic (exact) mass is 454 g/mol. The fraction of sp³-hybridized carbons (Fsp3) is 0.400. The molecule has 128 valence electrons. The molecule has 4 heteroatoms. The van der Waals surface area contributed by atoms with E-state index < -0.39 is 20.4 Å². The maximum absolute atomic E-state index is 7.67. The topological polar surface area (TPSA) is 0 Å². The number of halogens is 2. The van der Waals surface area contributed by atoms with Crippen LogP contribution in [0.25, 0.3) is 6.08 Å². The van der Waals surface area contributed by atoms with E-state index in [9.17, 15) is 0 Å². The molecular formula is C20H26Cl2SiZr. The summed E-state index contributed by atoms with van der Waals surface area (Å²) in [5.41, 5.74) is 4.70. The molecule has 3 rings (SSSR count). The Morgan fingerprint density at radius 2 is 1.92 bits per heavy atom. The van der Waals surface area contributed by atoms with Gasteiger partial charge in [0.15, 0.2) is 0 Å². The minimum atomic E-state index is -4.15. The molecule has 0 aliphatic heterocycles. The van der Waals surface area contributed by atoms with Crippen LogP contribution in [0.1, 0.15) is 53.4 Å². The summed E-state index contributed by atoms with van der Waals surface area (Å²) >= 11 is -4.15. The molecule has 0 N–H and O–H groups in total. The SMILES string of the molecule is CC1=Cc2c(C(C)C)cccc2[CH]1[Zr]([Cl])([Cl])([C]1=CC=CC1)=[Si](C)C. The van der Waals surface area contributed by atoms with Crippen molar-refractivity contribution in [3.8, 4) is 0 Å². The second-order valence-corrected chi connectivity index (χ2v) is 45.7. The summed E-state index contributed by atoms with van der Waals surface area (Å²) in [5.74, 6) is 0.509. The second kappa shape index (κ2) is 6.38. The fourth-order valence-electron chi connectivity index (χ4n) is 4.33. The van der Waals surface area contributed by atoms with Gasteiger partial charge in [-0.15, -0.1) is 0 Å². The third-order valence-corrected chi connectivity index (χ3v) is 51.7. The third-order valence-electron chi connectivity index (χ3n) is 5.72. The summed E-state index contributed by atoms with van der Waals surface area (Å²) in [6.07, 6.45) is 9.87. The summed E-state index contributed by atoms with van der Waals surface area (Å²) in [7, 11) is 15.3. The van der Waals surface area contributed by atoms with Gasteiger partial charge in [0.2, 0.25) is 0 Å². The summed E-state index contributed by atoms with van der Waals surface area (Å²) in [6, 6.07) is 6.71. The molecule has 0 spiro atoms. The Morgan fingerprint density at radius 3 is 2.46 bits per heavy atom. The van der Waals surface area contributed by atoms with Crippen LogP contribution in [0.3, 0.4) is 0 Å². The van der Waals surface area contributed by atoms with Gasteiger partial charge in [-0.25, -0.2) is 0 Å². The standard InChI is InChI=1S/C13H15.C5H5.C2H6Si.2ClH.Zr/c1-9(2)12-6-4-5-11-7-10(3)8-13(11)12;1-2-4-5-3-1;1-3-2;;;/h4-9H,1-3H3;1-3H,4H2;1-2H3;2*1H;/q;;;;;+2/p-2. The number of hydrogen-bond acceptors (Lipinski definition) is 0. The maximum atomic E-state index is 7.67. The van der Waals surface area contributed by atoms with Crippen LogP contribution >= 0.6 is 17.0 Å². The molecular weight excluding hydrogens is 430 g/mol. The Morgan fingerprint density at radius 1 is 1.21 bits per heavy atom. The fourth-order valence-corrected chi connectivity index (χ4v) is 30.2. The minimum absolute atomic E-state index is 0.235. The van der Waals surface area contributed by atoms with E-state index in [1.54, 1.807) is 0 Å².